The molecule has 16 heavy (non-hydrogen) atoms. The van der Waals surface area contributed by atoms with E-state index in [4.69, 9.17) is 16.2 Å². The monoisotopic (exact) mass is 223 g/mol. The van der Waals surface area contributed by atoms with E-state index in [1.807, 2.05) is 11.9 Å². The van der Waals surface area contributed by atoms with Crippen molar-refractivity contribution < 1.29 is 9.53 Å². The number of carbonyl (C=O) groups is 1. The van der Waals surface area contributed by atoms with Crippen LogP contribution < -0.4 is 16.4 Å². The molecule has 1 aromatic rings. The molecule has 5 heteroatoms. The molecule has 0 saturated carbocycles. The molecule has 0 spiro atoms. The molecule has 0 atom stereocenters. The highest BCUT2D eigenvalue weighted by Gasteiger charge is 2.08. The Morgan fingerprint density at radius 2 is 2.19 bits per heavy atom. The Bertz CT molecular complexity index is 379. The molecule has 1 rings (SSSR count). The van der Waals surface area contributed by atoms with Crippen molar-refractivity contribution in [1.29, 1.82) is 0 Å². The fraction of sp³-hybridized carbons (Fsp3) is 0.364. The maximum absolute atomic E-state index is 10.9. The van der Waals surface area contributed by atoms with Crippen LogP contribution in [-0.4, -0.2) is 33.2 Å². The van der Waals surface area contributed by atoms with Crippen LogP contribution in [0.15, 0.2) is 18.2 Å². The molecule has 0 aliphatic heterocycles. The number of nitrogens with zero attached hydrogens (tertiary/aromatic N) is 1. The van der Waals surface area contributed by atoms with Gasteiger partial charge in [-0.05, 0) is 18.2 Å². The van der Waals surface area contributed by atoms with Gasteiger partial charge in [0, 0.05) is 26.3 Å². The summed E-state index contributed by atoms with van der Waals surface area (Å²) in [6.07, 6.45) is 0. The van der Waals surface area contributed by atoms with E-state index >= 15 is 0 Å². The molecule has 0 aromatic heterocycles. The molecule has 1 amide bonds. The maximum Gasteiger partial charge on any atom is 0.248 e. The molecule has 0 radical (unpaired) electrons. The summed E-state index contributed by atoms with van der Waals surface area (Å²) >= 11 is 0. The quantitative estimate of drug-likeness (QED) is 0.710. The van der Waals surface area contributed by atoms with Crippen LogP contribution in [0, 0.1) is 0 Å². The van der Waals surface area contributed by atoms with Gasteiger partial charge in [-0.2, -0.15) is 0 Å². The topological polar surface area (TPSA) is 81.6 Å². The number of nitrogen functional groups attached to an aromatic ring is 1. The Balaban J connectivity index is 2.85. The molecule has 0 bridgehead atoms. The van der Waals surface area contributed by atoms with Crippen LogP contribution in [0.2, 0.25) is 0 Å². The van der Waals surface area contributed by atoms with Gasteiger partial charge in [-0.3, -0.25) is 4.79 Å². The smallest absolute Gasteiger partial charge is 0.248 e. The number of likely N-dealkylation sites (N-methyl/N-ethyl adjacent to an activating group) is 1. The number of benzene rings is 1. The molecule has 0 unspecified atom stereocenters. The predicted molar refractivity (Wildman–Crippen MR) is 64.5 cm³/mol. The number of rotatable bonds is 5. The lowest BCUT2D eigenvalue weighted by Crippen LogP contribution is -2.23. The Labute approximate surface area is 95.0 Å². The summed E-state index contributed by atoms with van der Waals surface area (Å²) < 4.78 is 4.98. The summed E-state index contributed by atoms with van der Waals surface area (Å²) in [7, 11) is 3.56. The minimum absolute atomic E-state index is 0.418. The van der Waals surface area contributed by atoms with E-state index in [9.17, 15) is 4.79 Å². The van der Waals surface area contributed by atoms with Crippen LogP contribution in [0.5, 0.6) is 0 Å². The van der Waals surface area contributed by atoms with E-state index in [0.29, 0.717) is 17.9 Å². The highest BCUT2D eigenvalue weighted by atomic mass is 16.5. The SMILES string of the molecule is COCCN(C)c1ccc(C(N)=O)cc1N. The van der Waals surface area contributed by atoms with E-state index in [1.165, 1.54) is 0 Å². The van der Waals surface area contributed by atoms with Gasteiger partial charge in [-0.15, -0.1) is 0 Å². The van der Waals surface area contributed by atoms with Gasteiger partial charge >= 0.3 is 0 Å². The number of carbonyl (C=O) groups excluding carboxylic acids is 1. The fourth-order valence-corrected chi connectivity index (χ4v) is 1.40. The summed E-state index contributed by atoms with van der Waals surface area (Å²) in [5, 5.41) is 0. The molecular weight excluding hydrogens is 206 g/mol. The first-order valence-corrected chi connectivity index (χ1v) is 4.95. The number of anilines is 2. The molecule has 1 aromatic carbocycles. The van der Waals surface area contributed by atoms with Crippen LogP contribution in [0.25, 0.3) is 0 Å². The lowest BCUT2D eigenvalue weighted by Gasteiger charge is -2.20. The zero-order valence-electron chi connectivity index (χ0n) is 9.56. The fourth-order valence-electron chi connectivity index (χ4n) is 1.40. The van der Waals surface area contributed by atoms with Crippen molar-refractivity contribution in [2.24, 2.45) is 5.73 Å². The van der Waals surface area contributed by atoms with Crippen LogP contribution in [0.4, 0.5) is 11.4 Å². The zero-order chi connectivity index (χ0) is 12.1. The van der Waals surface area contributed by atoms with E-state index in [1.54, 1.807) is 25.3 Å². The van der Waals surface area contributed by atoms with E-state index in [0.717, 1.165) is 12.2 Å². The summed E-state index contributed by atoms with van der Waals surface area (Å²) in [5.41, 5.74) is 12.8. The van der Waals surface area contributed by atoms with Crippen molar-refractivity contribution in [1.82, 2.24) is 0 Å². The number of nitrogens with two attached hydrogens (primary N) is 2. The number of hydrogen-bond acceptors (Lipinski definition) is 4. The number of methoxy groups -OCH3 is 1. The Morgan fingerprint density at radius 1 is 1.50 bits per heavy atom. The number of ether oxygens (including phenoxy) is 1. The standard InChI is InChI=1S/C11H17N3O2/c1-14(5-6-16-2)10-4-3-8(11(13)15)7-9(10)12/h3-4,7H,5-6,12H2,1-2H3,(H2,13,15). The van der Waals surface area contributed by atoms with Crippen molar-refractivity contribution in [3.63, 3.8) is 0 Å². The summed E-state index contributed by atoms with van der Waals surface area (Å²) in [6, 6.07) is 5.03. The Kier molecular flexibility index (Phi) is 4.13. The van der Waals surface area contributed by atoms with Crippen molar-refractivity contribution in [3.8, 4) is 0 Å². The molecule has 0 saturated heterocycles. The lowest BCUT2D eigenvalue weighted by atomic mass is 10.1. The highest BCUT2D eigenvalue weighted by Crippen LogP contribution is 2.22. The second kappa shape index (κ2) is 5.37. The van der Waals surface area contributed by atoms with E-state index < -0.39 is 5.91 Å². The largest absolute Gasteiger partial charge is 0.397 e. The van der Waals surface area contributed by atoms with Crippen LogP contribution in [-0.2, 0) is 4.74 Å². The van der Waals surface area contributed by atoms with E-state index in [-0.39, 0.29) is 0 Å². The minimum atomic E-state index is -0.474. The second-order valence-corrected chi connectivity index (χ2v) is 3.55. The molecule has 0 heterocycles. The van der Waals surface area contributed by atoms with Crippen molar-refractivity contribution >= 4 is 17.3 Å². The van der Waals surface area contributed by atoms with Gasteiger partial charge in [0.15, 0.2) is 0 Å². The van der Waals surface area contributed by atoms with Gasteiger partial charge in [-0.1, -0.05) is 0 Å². The average molecular weight is 223 g/mol. The van der Waals surface area contributed by atoms with Gasteiger partial charge in [-0.25, -0.2) is 0 Å². The molecule has 4 N–H and O–H groups in total. The highest BCUT2D eigenvalue weighted by molar-refractivity contribution is 5.94. The van der Waals surface area contributed by atoms with E-state index in [2.05, 4.69) is 0 Å². The van der Waals surface area contributed by atoms with Gasteiger partial charge in [0.25, 0.3) is 0 Å². The number of amides is 1. The molecular formula is C11H17N3O2. The summed E-state index contributed by atoms with van der Waals surface area (Å²) in [6.45, 7) is 1.35. The summed E-state index contributed by atoms with van der Waals surface area (Å²) in [5.74, 6) is -0.474. The normalized spacial score (nSPS) is 10.1. The van der Waals surface area contributed by atoms with Crippen LogP contribution in [0.1, 0.15) is 10.4 Å². The molecule has 0 aliphatic carbocycles. The third-order valence-corrected chi connectivity index (χ3v) is 2.35. The van der Waals surface area contributed by atoms with Crippen LogP contribution in [0.3, 0.4) is 0 Å². The molecule has 5 nitrogen and oxygen atoms in total. The number of primary amides is 1. The third kappa shape index (κ3) is 2.87. The second-order valence-electron chi connectivity index (χ2n) is 3.55. The Hall–Kier alpha value is -1.75. The van der Waals surface area contributed by atoms with Crippen LogP contribution >= 0.6 is 0 Å². The van der Waals surface area contributed by atoms with Crippen molar-refractivity contribution in [2.75, 3.05) is 37.9 Å². The van der Waals surface area contributed by atoms with Crippen molar-refractivity contribution in [2.45, 2.75) is 0 Å². The average Bonchev–Trinajstić information content (AvgIpc) is 2.25. The molecule has 88 valence electrons. The minimum Gasteiger partial charge on any atom is -0.397 e. The first-order chi connectivity index (χ1) is 7.56. The van der Waals surface area contributed by atoms with Gasteiger partial charge in [0.05, 0.1) is 18.0 Å². The first-order valence-electron chi connectivity index (χ1n) is 4.95. The molecule has 0 aliphatic rings. The zero-order valence-corrected chi connectivity index (χ0v) is 9.56. The Morgan fingerprint density at radius 3 is 2.69 bits per heavy atom. The summed E-state index contributed by atoms with van der Waals surface area (Å²) in [4.78, 5) is 12.9. The van der Waals surface area contributed by atoms with Gasteiger partial charge in [0.2, 0.25) is 5.91 Å². The third-order valence-electron chi connectivity index (χ3n) is 2.35. The lowest BCUT2D eigenvalue weighted by molar-refractivity contribution is 0.100. The van der Waals surface area contributed by atoms with Gasteiger partial charge in [0.1, 0.15) is 0 Å². The molecule has 0 fully saturated rings. The predicted octanol–water partition coefficient (Wildman–Crippen LogP) is 0.450. The maximum atomic E-state index is 10.9. The number of hydrogen-bond donors (Lipinski definition) is 2. The first kappa shape index (κ1) is 12.3. The van der Waals surface area contributed by atoms with Gasteiger partial charge < -0.3 is 21.1 Å². The van der Waals surface area contributed by atoms with Crippen molar-refractivity contribution in [3.05, 3.63) is 23.8 Å².